The highest BCUT2D eigenvalue weighted by atomic mass is 32.2. The molecule has 0 atom stereocenters. The summed E-state index contributed by atoms with van der Waals surface area (Å²) in [5, 5.41) is 1.89. The van der Waals surface area contributed by atoms with Gasteiger partial charge < -0.3 is 5.32 Å². The van der Waals surface area contributed by atoms with Crippen molar-refractivity contribution in [2.24, 2.45) is 0 Å². The number of alkyl halides is 3. The summed E-state index contributed by atoms with van der Waals surface area (Å²) in [6.07, 6.45) is -5.04. The Hall–Kier alpha value is -1.93. The molecule has 8 nitrogen and oxygen atoms in total. The molecule has 25 heavy (non-hydrogen) atoms. The van der Waals surface area contributed by atoms with Crippen molar-refractivity contribution in [3.63, 3.8) is 0 Å². The number of rotatable bonds is 7. The maximum atomic E-state index is 13.1. The number of anilines is 1. The van der Waals surface area contributed by atoms with Crippen LogP contribution in [0.15, 0.2) is 18.2 Å². The Morgan fingerprint density at radius 1 is 1.16 bits per heavy atom. The third-order valence-corrected chi connectivity index (χ3v) is 4.46. The van der Waals surface area contributed by atoms with Gasteiger partial charge in [0.15, 0.2) is 0 Å². The van der Waals surface area contributed by atoms with Crippen molar-refractivity contribution in [2.45, 2.75) is 6.18 Å². The second kappa shape index (κ2) is 7.53. The molecule has 0 bridgehead atoms. The average Bonchev–Trinajstić information content (AvgIpc) is 2.37. The van der Waals surface area contributed by atoms with Gasteiger partial charge in [-0.25, -0.2) is 12.8 Å². The maximum absolute atomic E-state index is 13.1. The number of hydrogen-bond acceptors (Lipinski definition) is 5. The van der Waals surface area contributed by atoms with Gasteiger partial charge in [-0.1, -0.05) is 0 Å². The summed E-state index contributed by atoms with van der Waals surface area (Å²) >= 11 is 0. The van der Waals surface area contributed by atoms with E-state index in [1.54, 1.807) is 4.72 Å². The minimum atomic E-state index is -5.04. The van der Waals surface area contributed by atoms with Crippen LogP contribution >= 0.6 is 0 Å². The molecule has 0 aliphatic rings. The van der Waals surface area contributed by atoms with E-state index in [4.69, 9.17) is 4.55 Å². The van der Waals surface area contributed by atoms with Crippen LogP contribution in [0, 0.1) is 5.82 Å². The lowest BCUT2D eigenvalue weighted by atomic mass is 10.2. The molecular formula is C11H12F4N2O6S2. The standard InChI is InChI=1S/C11H12F4N2O6S2/c12-9-2-1-7(5-8(9)11(13,14)15)17-24(19,20)6-10(18)16-3-4-25(21,22)23/h1-2,5,17H,3-4,6H2,(H,16,18)(H,21,22,23). The molecule has 0 saturated carbocycles. The predicted molar refractivity (Wildman–Crippen MR) is 78.2 cm³/mol. The Labute approximate surface area is 140 Å². The van der Waals surface area contributed by atoms with Crippen molar-refractivity contribution in [2.75, 3.05) is 22.8 Å². The number of halogens is 4. The van der Waals surface area contributed by atoms with E-state index in [9.17, 15) is 39.2 Å². The zero-order chi connectivity index (χ0) is 19.5. The molecule has 1 rings (SSSR count). The average molecular weight is 408 g/mol. The lowest BCUT2D eigenvalue weighted by Crippen LogP contribution is -2.35. The van der Waals surface area contributed by atoms with Crippen LogP contribution in [0.3, 0.4) is 0 Å². The monoisotopic (exact) mass is 408 g/mol. The summed E-state index contributed by atoms with van der Waals surface area (Å²) in [4.78, 5) is 11.4. The molecular weight excluding hydrogens is 396 g/mol. The van der Waals surface area contributed by atoms with Crippen LogP contribution in [-0.4, -0.2) is 45.3 Å². The minimum Gasteiger partial charge on any atom is -0.354 e. The number of sulfonamides is 1. The number of carbonyl (C=O) groups is 1. The molecule has 0 fully saturated rings. The van der Waals surface area contributed by atoms with E-state index in [0.717, 1.165) is 6.07 Å². The molecule has 0 radical (unpaired) electrons. The van der Waals surface area contributed by atoms with Crippen molar-refractivity contribution in [1.29, 1.82) is 0 Å². The van der Waals surface area contributed by atoms with Crippen molar-refractivity contribution < 1.29 is 43.7 Å². The summed E-state index contributed by atoms with van der Waals surface area (Å²) in [5.74, 6) is -4.83. The zero-order valence-electron chi connectivity index (χ0n) is 12.2. The van der Waals surface area contributed by atoms with Crippen LogP contribution in [0.5, 0.6) is 0 Å². The molecule has 0 saturated heterocycles. The molecule has 14 heteroatoms. The predicted octanol–water partition coefficient (Wildman–Crippen LogP) is 0.590. The lowest BCUT2D eigenvalue weighted by molar-refractivity contribution is -0.140. The van der Waals surface area contributed by atoms with Gasteiger partial charge in [0.2, 0.25) is 15.9 Å². The Kier molecular flexibility index (Phi) is 6.36. The molecule has 1 aromatic rings. The molecule has 1 amide bonds. The Bertz CT molecular complexity index is 852. The van der Waals surface area contributed by atoms with Crippen molar-refractivity contribution in [3.8, 4) is 0 Å². The third-order valence-electron chi connectivity index (χ3n) is 2.55. The fourth-order valence-corrected chi connectivity index (χ4v) is 2.93. The van der Waals surface area contributed by atoms with E-state index >= 15 is 0 Å². The molecule has 142 valence electrons. The van der Waals surface area contributed by atoms with Gasteiger partial charge >= 0.3 is 6.18 Å². The van der Waals surface area contributed by atoms with Gasteiger partial charge in [0.05, 0.1) is 11.3 Å². The van der Waals surface area contributed by atoms with E-state index in [0.29, 0.717) is 6.07 Å². The first-order valence-electron chi connectivity index (χ1n) is 6.29. The van der Waals surface area contributed by atoms with Crippen LogP contribution in [0.1, 0.15) is 5.56 Å². The number of nitrogens with one attached hydrogen (secondary N) is 2. The number of benzene rings is 1. The van der Waals surface area contributed by atoms with Crippen LogP contribution < -0.4 is 10.0 Å². The molecule has 1 aromatic carbocycles. The lowest BCUT2D eigenvalue weighted by Gasteiger charge is -2.12. The second-order valence-corrected chi connectivity index (χ2v) is 7.98. The van der Waals surface area contributed by atoms with E-state index in [2.05, 4.69) is 0 Å². The highest BCUT2D eigenvalue weighted by Crippen LogP contribution is 2.33. The highest BCUT2D eigenvalue weighted by Gasteiger charge is 2.34. The van der Waals surface area contributed by atoms with Crippen LogP contribution in [0.2, 0.25) is 0 Å². The molecule has 0 unspecified atom stereocenters. The van der Waals surface area contributed by atoms with Crippen molar-refractivity contribution in [1.82, 2.24) is 5.32 Å². The Balaban J connectivity index is 2.77. The summed E-state index contributed by atoms with van der Waals surface area (Å²) in [7, 11) is -8.80. The first kappa shape index (κ1) is 21.1. The molecule has 0 aliphatic carbocycles. The second-order valence-electron chi connectivity index (χ2n) is 4.69. The van der Waals surface area contributed by atoms with E-state index < -0.39 is 67.3 Å². The van der Waals surface area contributed by atoms with Crippen molar-refractivity contribution in [3.05, 3.63) is 29.6 Å². The molecule has 0 spiro atoms. The quantitative estimate of drug-likeness (QED) is 0.447. The normalized spacial score (nSPS) is 12.7. The Morgan fingerprint density at radius 2 is 1.76 bits per heavy atom. The topological polar surface area (TPSA) is 130 Å². The Morgan fingerprint density at radius 3 is 2.28 bits per heavy atom. The first-order chi connectivity index (χ1) is 11.2. The first-order valence-corrected chi connectivity index (χ1v) is 9.55. The highest BCUT2D eigenvalue weighted by molar-refractivity contribution is 7.93. The van der Waals surface area contributed by atoms with E-state index in [1.165, 1.54) is 0 Å². The van der Waals surface area contributed by atoms with Gasteiger partial charge in [0.25, 0.3) is 10.1 Å². The fourth-order valence-electron chi connectivity index (χ4n) is 1.56. The fraction of sp³-hybridized carbons (Fsp3) is 0.364. The van der Waals surface area contributed by atoms with Gasteiger partial charge in [-0.15, -0.1) is 0 Å². The number of amides is 1. The van der Waals surface area contributed by atoms with Crippen LogP contribution in [0.4, 0.5) is 23.2 Å². The zero-order valence-corrected chi connectivity index (χ0v) is 13.8. The number of hydrogen-bond donors (Lipinski definition) is 3. The van der Waals surface area contributed by atoms with Crippen LogP contribution in [0.25, 0.3) is 0 Å². The molecule has 3 N–H and O–H groups in total. The van der Waals surface area contributed by atoms with Gasteiger partial charge in [-0.05, 0) is 18.2 Å². The SMILES string of the molecule is O=C(CS(=O)(=O)Nc1ccc(F)c(C(F)(F)F)c1)NCCS(=O)(=O)O. The summed E-state index contributed by atoms with van der Waals surface area (Å²) < 4.78 is 105. The van der Waals surface area contributed by atoms with Gasteiger partial charge in [0.1, 0.15) is 11.6 Å². The minimum absolute atomic E-state index is 0.225. The van der Waals surface area contributed by atoms with Gasteiger partial charge in [-0.2, -0.15) is 21.6 Å². The van der Waals surface area contributed by atoms with Crippen LogP contribution in [-0.2, 0) is 31.1 Å². The number of carbonyl (C=O) groups excluding carboxylic acids is 1. The van der Waals surface area contributed by atoms with E-state index in [1.807, 2.05) is 5.32 Å². The van der Waals surface area contributed by atoms with Gasteiger partial charge in [-0.3, -0.25) is 14.1 Å². The van der Waals surface area contributed by atoms with Crippen molar-refractivity contribution >= 4 is 31.7 Å². The largest absolute Gasteiger partial charge is 0.419 e. The molecule has 0 heterocycles. The summed E-state index contributed by atoms with van der Waals surface area (Å²) in [6, 6.07) is 1.37. The third kappa shape index (κ3) is 7.66. The smallest absolute Gasteiger partial charge is 0.354 e. The molecule has 0 aliphatic heterocycles. The summed E-state index contributed by atoms with van der Waals surface area (Å²) in [6.45, 7) is -0.568. The maximum Gasteiger partial charge on any atom is 0.419 e. The van der Waals surface area contributed by atoms with Gasteiger partial charge in [0, 0.05) is 12.2 Å². The van der Waals surface area contributed by atoms with E-state index in [-0.39, 0.29) is 6.07 Å². The molecule has 0 aromatic heterocycles. The summed E-state index contributed by atoms with van der Waals surface area (Å²) in [5.41, 5.74) is -2.30.